The Labute approximate surface area is 96.6 Å². The van der Waals surface area contributed by atoms with Gasteiger partial charge in [0.05, 0.1) is 5.02 Å². The number of benzene rings is 1. The lowest BCUT2D eigenvalue weighted by Gasteiger charge is -2.24. The molecule has 3 heteroatoms. The highest BCUT2D eigenvalue weighted by atomic mass is 79.9. The largest absolute Gasteiger partial charge is 0.294 e. The minimum Gasteiger partial charge on any atom is -0.294 e. The van der Waals surface area contributed by atoms with Crippen molar-refractivity contribution < 1.29 is 4.79 Å². The number of ketones is 1. The number of carbonyl (C=O) groups is 1. The fourth-order valence-electron chi connectivity index (χ4n) is 1.58. The van der Waals surface area contributed by atoms with Gasteiger partial charge in [0.2, 0.25) is 0 Å². The molecular weight excluding hydrogens is 263 g/mol. The van der Waals surface area contributed by atoms with Gasteiger partial charge in [-0.1, -0.05) is 34.0 Å². The third-order valence-corrected chi connectivity index (χ3v) is 3.48. The molecule has 0 atom stereocenters. The lowest BCUT2D eigenvalue weighted by Crippen LogP contribution is -2.22. The molecule has 0 heterocycles. The summed E-state index contributed by atoms with van der Waals surface area (Å²) in [6.45, 7) is 0. The van der Waals surface area contributed by atoms with Gasteiger partial charge in [0.15, 0.2) is 5.78 Å². The van der Waals surface area contributed by atoms with Crippen LogP contribution in [-0.4, -0.2) is 5.78 Å². The fourth-order valence-corrected chi connectivity index (χ4v) is 2.35. The molecule has 1 aliphatic carbocycles. The second kappa shape index (κ2) is 4.03. The van der Waals surface area contributed by atoms with E-state index in [0.717, 1.165) is 17.3 Å². The molecule has 0 amide bonds. The zero-order valence-electron chi connectivity index (χ0n) is 7.59. The van der Waals surface area contributed by atoms with E-state index in [2.05, 4.69) is 15.9 Å². The summed E-state index contributed by atoms with van der Waals surface area (Å²) in [7, 11) is 0. The van der Waals surface area contributed by atoms with E-state index in [9.17, 15) is 4.79 Å². The summed E-state index contributed by atoms with van der Waals surface area (Å²) in [4.78, 5) is 11.9. The highest BCUT2D eigenvalue weighted by Crippen LogP contribution is 2.32. The van der Waals surface area contributed by atoms with Crippen molar-refractivity contribution in [1.29, 1.82) is 0 Å². The van der Waals surface area contributed by atoms with Gasteiger partial charge in [-0.05, 0) is 31.0 Å². The van der Waals surface area contributed by atoms with Crippen molar-refractivity contribution in [1.82, 2.24) is 0 Å². The van der Waals surface area contributed by atoms with E-state index in [-0.39, 0.29) is 11.7 Å². The smallest absolute Gasteiger partial charge is 0.167 e. The molecule has 1 fully saturated rings. The summed E-state index contributed by atoms with van der Waals surface area (Å²) in [5.74, 6) is 0.419. The van der Waals surface area contributed by atoms with Crippen molar-refractivity contribution in [2.45, 2.75) is 19.3 Å². The Kier molecular flexibility index (Phi) is 2.93. The number of carbonyl (C=O) groups excluding carboxylic acids is 1. The van der Waals surface area contributed by atoms with Crippen LogP contribution in [-0.2, 0) is 0 Å². The van der Waals surface area contributed by atoms with Crippen LogP contribution < -0.4 is 0 Å². The van der Waals surface area contributed by atoms with Gasteiger partial charge < -0.3 is 0 Å². The van der Waals surface area contributed by atoms with Crippen molar-refractivity contribution in [2.24, 2.45) is 5.92 Å². The molecule has 0 N–H and O–H groups in total. The number of halogens is 2. The Bertz CT molecular complexity index is 372. The Morgan fingerprint density at radius 2 is 2.14 bits per heavy atom. The van der Waals surface area contributed by atoms with Crippen LogP contribution >= 0.6 is 27.5 Å². The maximum absolute atomic E-state index is 11.9. The van der Waals surface area contributed by atoms with Crippen molar-refractivity contribution in [3.63, 3.8) is 0 Å². The number of rotatable bonds is 2. The third-order valence-electron chi connectivity index (χ3n) is 2.67. The average molecular weight is 274 g/mol. The van der Waals surface area contributed by atoms with Crippen LogP contribution in [0.3, 0.4) is 0 Å². The van der Waals surface area contributed by atoms with Gasteiger partial charge in [-0.25, -0.2) is 0 Å². The van der Waals surface area contributed by atoms with Gasteiger partial charge in [-0.2, -0.15) is 0 Å². The number of hydrogen-bond acceptors (Lipinski definition) is 1. The Hall–Kier alpha value is -0.340. The minimum absolute atomic E-state index is 0.203. The molecule has 0 unspecified atom stereocenters. The standard InChI is InChI=1S/C11H10BrClO/c12-8-4-5-9(10(13)6-8)11(14)7-2-1-3-7/h4-7H,1-3H2. The predicted molar refractivity (Wildman–Crippen MR) is 60.8 cm³/mol. The molecule has 0 radical (unpaired) electrons. The first-order valence-electron chi connectivity index (χ1n) is 4.68. The van der Waals surface area contributed by atoms with Crippen molar-refractivity contribution in [3.05, 3.63) is 33.3 Å². The average Bonchev–Trinajstić information content (AvgIpc) is 2.00. The second-order valence-corrected chi connectivity index (χ2v) is 4.94. The van der Waals surface area contributed by atoms with E-state index < -0.39 is 0 Å². The summed E-state index contributed by atoms with van der Waals surface area (Å²) in [6.07, 6.45) is 3.21. The maximum atomic E-state index is 11.9. The molecule has 0 bridgehead atoms. The molecule has 1 aromatic rings. The van der Waals surface area contributed by atoms with Crippen LogP contribution in [0.2, 0.25) is 5.02 Å². The van der Waals surface area contributed by atoms with Gasteiger partial charge >= 0.3 is 0 Å². The number of Topliss-reactive ketones (excluding diaryl/α,β-unsaturated/α-hetero) is 1. The highest BCUT2D eigenvalue weighted by molar-refractivity contribution is 9.10. The third kappa shape index (κ3) is 1.86. The van der Waals surface area contributed by atoms with Crippen LogP contribution in [0.25, 0.3) is 0 Å². The van der Waals surface area contributed by atoms with Crippen LogP contribution in [0.5, 0.6) is 0 Å². The van der Waals surface area contributed by atoms with Gasteiger partial charge in [0.1, 0.15) is 0 Å². The Morgan fingerprint density at radius 1 is 1.43 bits per heavy atom. The van der Waals surface area contributed by atoms with Crippen LogP contribution in [0.4, 0.5) is 0 Å². The van der Waals surface area contributed by atoms with Crippen molar-refractivity contribution >= 4 is 33.3 Å². The van der Waals surface area contributed by atoms with E-state index in [4.69, 9.17) is 11.6 Å². The van der Waals surface area contributed by atoms with Gasteiger partial charge in [-0.15, -0.1) is 0 Å². The van der Waals surface area contributed by atoms with Crippen molar-refractivity contribution in [2.75, 3.05) is 0 Å². The maximum Gasteiger partial charge on any atom is 0.167 e. The Morgan fingerprint density at radius 3 is 2.64 bits per heavy atom. The fraction of sp³-hybridized carbons (Fsp3) is 0.364. The first kappa shape index (κ1) is 10.2. The zero-order valence-corrected chi connectivity index (χ0v) is 9.94. The molecule has 1 aliphatic rings. The zero-order chi connectivity index (χ0) is 10.1. The minimum atomic E-state index is 0.203. The quantitative estimate of drug-likeness (QED) is 0.742. The van der Waals surface area contributed by atoms with Crippen LogP contribution in [0, 0.1) is 5.92 Å². The molecular formula is C11H10BrClO. The molecule has 1 nitrogen and oxygen atoms in total. The van der Waals surface area contributed by atoms with E-state index in [1.807, 2.05) is 6.07 Å². The van der Waals surface area contributed by atoms with Crippen molar-refractivity contribution in [3.8, 4) is 0 Å². The first-order chi connectivity index (χ1) is 6.68. The van der Waals surface area contributed by atoms with E-state index >= 15 is 0 Å². The Balaban J connectivity index is 2.26. The summed E-state index contributed by atoms with van der Waals surface area (Å²) in [5.41, 5.74) is 0.666. The second-order valence-electron chi connectivity index (χ2n) is 3.62. The van der Waals surface area contributed by atoms with Crippen LogP contribution in [0.1, 0.15) is 29.6 Å². The monoisotopic (exact) mass is 272 g/mol. The molecule has 0 aliphatic heterocycles. The lowest BCUT2D eigenvalue weighted by atomic mass is 9.80. The molecule has 1 aromatic carbocycles. The lowest BCUT2D eigenvalue weighted by molar-refractivity contribution is 0.0855. The first-order valence-corrected chi connectivity index (χ1v) is 5.85. The van der Waals surface area contributed by atoms with E-state index in [1.165, 1.54) is 6.42 Å². The molecule has 74 valence electrons. The molecule has 1 saturated carbocycles. The van der Waals surface area contributed by atoms with Gasteiger partial charge in [0.25, 0.3) is 0 Å². The van der Waals surface area contributed by atoms with Crippen LogP contribution in [0.15, 0.2) is 22.7 Å². The normalized spacial score (nSPS) is 16.4. The molecule has 0 saturated heterocycles. The summed E-state index contributed by atoms with van der Waals surface area (Å²) < 4.78 is 0.910. The van der Waals surface area contributed by atoms with E-state index in [1.54, 1.807) is 12.1 Å². The predicted octanol–water partition coefficient (Wildman–Crippen LogP) is 4.09. The molecule has 2 rings (SSSR count). The molecule has 14 heavy (non-hydrogen) atoms. The summed E-state index contributed by atoms with van der Waals surface area (Å²) >= 11 is 9.32. The SMILES string of the molecule is O=C(c1ccc(Br)cc1Cl)C1CCC1. The summed E-state index contributed by atoms with van der Waals surface area (Å²) in [6, 6.07) is 5.43. The highest BCUT2D eigenvalue weighted by Gasteiger charge is 2.27. The molecule has 0 aromatic heterocycles. The topological polar surface area (TPSA) is 17.1 Å². The van der Waals surface area contributed by atoms with Gasteiger partial charge in [-0.3, -0.25) is 4.79 Å². The van der Waals surface area contributed by atoms with Gasteiger partial charge in [0, 0.05) is 16.0 Å². The van der Waals surface area contributed by atoms with E-state index in [0.29, 0.717) is 10.6 Å². The number of hydrogen-bond donors (Lipinski definition) is 0. The summed E-state index contributed by atoms with van der Waals surface area (Å²) in [5, 5.41) is 0.552. The molecule has 0 spiro atoms.